The number of phenols is 1. The summed E-state index contributed by atoms with van der Waals surface area (Å²) in [6.07, 6.45) is 2.43. The first kappa shape index (κ1) is 25.5. The van der Waals surface area contributed by atoms with Crippen LogP contribution < -0.4 is 0 Å². The molecule has 0 radical (unpaired) electrons. The Kier molecular flexibility index (Phi) is 6.36. The van der Waals surface area contributed by atoms with Crippen LogP contribution in [0.15, 0.2) is 74.0 Å². The normalized spacial score (nSPS) is 21.6. The number of ketones is 2. The van der Waals surface area contributed by atoms with Crippen LogP contribution in [0.3, 0.4) is 0 Å². The number of phenolic OH excluding ortho intramolecular Hbond substituents is 1. The largest absolute Gasteiger partial charge is 0.506 e. The van der Waals surface area contributed by atoms with Crippen LogP contribution in [0.5, 0.6) is 5.75 Å². The van der Waals surface area contributed by atoms with Gasteiger partial charge in [-0.25, -0.2) is 0 Å². The molecule has 4 nitrogen and oxygen atoms in total. The lowest BCUT2D eigenvalue weighted by molar-refractivity contribution is -0.119. The van der Waals surface area contributed by atoms with Crippen molar-refractivity contribution in [1.82, 2.24) is 4.90 Å². The minimum atomic E-state index is -0.442. The van der Waals surface area contributed by atoms with Crippen LogP contribution in [0.4, 0.5) is 0 Å². The summed E-state index contributed by atoms with van der Waals surface area (Å²) in [5, 5.41) is 10.4. The van der Waals surface area contributed by atoms with Gasteiger partial charge in [-0.3, -0.25) is 9.59 Å². The highest BCUT2D eigenvalue weighted by Crippen LogP contribution is 2.55. The molecule has 2 aromatic carbocycles. The average molecular weight is 613 g/mol. The fraction of sp³-hybridized carbons (Fsp3) is 0.400. The van der Waals surface area contributed by atoms with Gasteiger partial charge in [0.05, 0.1) is 8.95 Å². The minimum absolute atomic E-state index is 0.105. The van der Waals surface area contributed by atoms with Gasteiger partial charge in [-0.1, -0.05) is 58.0 Å². The van der Waals surface area contributed by atoms with E-state index in [0.29, 0.717) is 28.3 Å². The number of benzene rings is 2. The standard InChI is InChI=1S/C30H31Br2NO3/c1-29(2)12-21-26(23(34)14-29)25(18-10-19(31)28(36)20(32)11-18)27-22(13-30(3,4)15-24(27)35)33(21)16-17-8-6-5-7-9-17/h5-11,25,36H,12-16H2,1-4H3. The Hall–Kier alpha value is -2.18. The molecule has 2 aliphatic carbocycles. The minimum Gasteiger partial charge on any atom is -0.506 e. The Morgan fingerprint density at radius 3 is 1.78 bits per heavy atom. The first-order valence-corrected chi connectivity index (χ1v) is 14.0. The van der Waals surface area contributed by atoms with Gasteiger partial charge >= 0.3 is 0 Å². The maximum Gasteiger partial charge on any atom is 0.162 e. The molecule has 0 spiro atoms. The van der Waals surface area contributed by atoms with Gasteiger partial charge in [0.2, 0.25) is 0 Å². The quantitative estimate of drug-likeness (QED) is 0.384. The van der Waals surface area contributed by atoms with Gasteiger partial charge < -0.3 is 10.0 Å². The number of nitrogens with zero attached hydrogens (tertiary/aromatic N) is 1. The molecule has 0 atom stereocenters. The van der Waals surface area contributed by atoms with Gasteiger partial charge in [0, 0.05) is 47.8 Å². The summed E-state index contributed by atoms with van der Waals surface area (Å²) in [4.78, 5) is 30.1. The highest BCUT2D eigenvalue weighted by atomic mass is 79.9. The van der Waals surface area contributed by atoms with Crippen LogP contribution in [0.2, 0.25) is 0 Å². The topological polar surface area (TPSA) is 57.6 Å². The average Bonchev–Trinajstić information content (AvgIpc) is 2.77. The lowest BCUT2D eigenvalue weighted by Gasteiger charge is -2.49. The molecule has 1 heterocycles. The Labute approximate surface area is 229 Å². The molecule has 0 fully saturated rings. The zero-order valence-corrected chi connectivity index (χ0v) is 24.3. The van der Waals surface area contributed by atoms with Crippen molar-refractivity contribution < 1.29 is 14.7 Å². The maximum absolute atomic E-state index is 13.9. The molecule has 2 aromatic rings. The molecular formula is C30H31Br2NO3. The van der Waals surface area contributed by atoms with Crippen LogP contribution in [0.25, 0.3) is 0 Å². The molecule has 0 saturated carbocycles. The Morgan fingerprint density at radius 2 is 1.31 bits per heavy atom. The predicted octanol–water partition coefficient (Wildman–Crippen LogP) is 7.80. The van der Waals surface area contributed by atoms with E-state index in [2.05, 4.69) is 76.6 Å². The smallest absolute Gasteiger partial charge is 0.162 e. The second-order valence-electron chi connectivity index (χ2n) is 11.9. The van der Waals surface area contributed by atoms with Gasteiger partial charge in [0.1, 0.15) is 5.75 Å². The molecule has 0 saturated heterocycles. The Morgan fingerprint density at radius 1 is 0.833 bits per heavy atom. The summed E-state index contributed by atoms with van der Waals surface area (Å²) in [6.45, 7) is 9.23. The molecule has 188 valence electrons. The monoisotopic (exact) mass is 611 g/mol. The van der Waals surface area contributed by atoms with Crippen LogP contribution in [-0.4, -0.2) is 21.6 Å². The van der Waals surface area contributed by atoms with Gasteiger partial charge in [-0.05, 0) is 78.8 Å². The van der Waals surface area contributed by atoms with E-state index in [1.54, 1.807) is 0 Å². The zero-order valence-electron chi connectivity index (χ0n) is 21.1. The van der Waals surface area contributed by atoms with Crippen molar-refractivity contribution in [3.63, 3.8) is 0 Å². The molecule has 36 heavy (non-hydrogen) atoms. The lowest BCUT2D eigenvalue weighted by atomic mass is 9.63. The molecule has 5 rings (SSSR count). The van der Waals surface area contributed by atoms with E-state index < -0.39 is 5.92 Å². The van der Waals surface area contributed by atoms with E-state index in [1.165, 1.54) is 0 Å². The van der Waals surface area contributed by atoms with Crippen LogP contribution in [0, 0.1) is 10.8 Å². The summed E-state index contributed by atoms with van der Waals surface area (Å²) in [5.74, 6) is -0.124. The number of allylic oxidation sites excluding steroid dienone is 4. The van der Waals surface area contributed by atoms with E-state index in [0.717, 1.165) is 46.5 Å². The van der Waals surface area contributed by atoms with Crippen molar-refractivity contribution in [2.75, 3.05) is 0 Å². The predicted molar refractivity (Wildman–Crippen MR) is 148 cm³/mol. The van der Waals surface area contributed by atoms with Crippen molar-refractivity contribution >= 4 is 43.4 Å². The van der Waals surface area contributed by atoms with Crippen LogP contribution in [-0.2, 0) is 16.1 Å². The maximum atomic E-state index is 13.9. The molecule has 1 aliphatic heterocycles. The second kappa shape index (κ2) is 8.98. The number of aromatic hydroxyl groups is 1. The fourth-order valence-corrected chi connectivity index (χ4v) is 7.31. The summed E-state index contributed by atoms with van der Waals surface area (Å²) in [5.41, 5.74) is 5.20. The number of hydrogen-bond acceptors (Lipinski definition) is 4. The molecule has 0 aromatic heterocycles. The van der Waals surface area contributed by atoms with Crippen molar-refractivity contribution in [2.45, 2.75) is 65.8 Å². The molecule has 3 aliphatic rings. The zero-order chi connectivity index (χ0) is 26.0. The summed E-state index contributed by atoms with van der Waals surface area (Å²) in [6, 6.07) is 14.0. The molecule has 0 bridgehead atoms. The van der Waals surface area contributed by atoms with Gasteiger partial charge in [0.15, 0.2) is 11.6 Å². The number of Topliss-reactive ketones (excluding diaryl/α,β-unsaturated/α-hetero) is 2. The summed E-state index contributed by atoms with van der Waals surface area (Å²) < 4.78 is 1.07. The number of carbonyl (C=O) groups excluding carboxylic acids is 2. The van der Waals surface area contributed by atoms with E-state index >= 15 is 0 Å². The van der Waals surface area contributed by atoms with E-state index in [1.807, 2.05) is 30.3 Å². The third-order valence-electron chi connectivity index (χ3n) is 7.58. The second-order valence-corrected chi connectivity index (χ2v) is 13.6. The molecule has 0 unspecified atom stereocenters. The fourth-order valence-electron chi connectivity index (χ4n) is 6.09. The van der Waals surface area contributed by atoms with Crippen molar-refractivity contribution in [2.24, 2.45) is 10.8 Å². The summed E-state index contributed by atoms with van der Waals surface area (Å²) in [7, 11) is 0. The highest BCUT2D eigenvalue weighted by molar-refractivity contribution is 9.11. The first-order valence-electron chi connectivity index (χ1n) is 12.4. The number of hydrogen-bond donors (Lipinski definition) is 1. The van der Waals surface area contributed by atoms with Crippen molar-refractivity contribution in [1.29, 1.82) is 0 Å². The van der Waals surface area contributed by atoms with Gasteiger partial charge in [0.25, 0.3) is 0 Å². The molecule has 0 amide bonds. The van der Waals surface area contributed by atoms with Crippen LogP contribution in [0.1, 0.15) is 70.4 Å². The molecule has 1 N–H and O–H groups in total. The number of rotatable bonds is 3. The van der Waals surface area contributed by atoms with E-state index in [-0.39, 0.29) is 28.1 Å². The third-order valence-corrected chi connectivity index (χ3v) is 8.79. The lowest BCUT2D eigenvalue weighted by Crippen LogP contribution is -2.44. The van der Waals surface area contributed by atoms with E-state index in [4.69, 9.17) is 0 Å². The van der Waals surface area contributed by atoms with Crippen LogP contribution >= 0.6 is 31.9 Å². The highest BCUT2D eigenvalue weighted by Gasteiger charge is 2.49. The van der Waals surface area contributed by atoms with Crippen molar-refractivity contribution in [3.05, 3.63) is 85.1 Å². The van der Waals surface area contributed by atoms with Gasteiger partial charge in [-0.2, -0.15) is 0 Å². The number of halogens is 2. The first-order chi connectivity index (χ1) is 16.9. The Balaban J connectivity index is 1.79. The molecular weight excluding hydrogens is 582 g/mol. The molecule has 6 heteroatoms. The number of carbonyl (C=O) groups is 2. The third kappa shape index (κ3) is 4.51. The Bertz CT molecular complexity index is 1260. The SMILES string of the molecule is CC1(C)CC(=O)C2=C(C1)N(Cc1ccccc1)C1=C(C(=O)CC(C)(C)C1)C2c1cc(Br)c(O)c(Br)c1. The van der Waals surface area contributed by atoms with E-state index in [9.17, 15) is 14.7 Å². The van der Waals surface area contributed by atoms with Gasteiger partial charge in [-0.15, -0.1) is 0 Å². The summed E-state index contributed by atoms with van der Waals surface area (Å²) >= 11 is 6.94. The van der Waals surface area contributed by atoms with Crippen molar-refractivity contribution in [3.8, 4) is 5.75 Å².